The van der Waals surface area contributed by atoms with Crippen molar-refractivity contribution in [1.82, 2.24) is 20.4 Å². The number of halogens is 4. The molecule has 2 heterocycles. The molecule has 2 aromatic heterocycles. The summed E-state index contributed by atoms with van der Waals surface area (Å²) in [6.45, 7) is 1.87. The molecule has 3 aromatic rings. The normalized spacial score (nSPS) is 11.6. The number of nitrogens with one attached hydrogen (secondary N) is 3. The minimum Gasteiger partial charge on any atom is -0.495 e. The largest absolute Gasteiger partial charge is 0.697 e. The molecule has 208 valence electrons. The molecule has 0 radical (unpaired) electrons. The third kappa shape index (κ3) is 8.28. The Labute approximate surface area is 229 Å². The summed E-state index contributed by atoms with van der Waals surface area (Å²) in [5.41, 5.74) is 1.48. The monoisotopic (exact) mass is 633 g/mol. The molecule has 3 N–H and O–H groups in total. The molecule has 0 aliphatic heterocycles. The number of carbonyl (C=O) groups is 1. The number of carbonyl (C=O) groups excluding carboxylic acids is 1. The van der Waals surface area contributed by atoms with E-state index in [0.29, 0.717) is 17.4 Å². The third-order valence-electron chi connectivity index (χ3n) is 4.70. The lowest BCUT2D eigenvalue weighted by molar-refractivity contribution is -0.137. The Kier molecular flexibility index (Phi) is 10.5. The molecular formula is C22H22BrF3N6O6P+. The molecule has 12 nitrogen and oxygen atoms in total. The lowest BCUT2D eigenvalue weighted by Gasteiger charge is -2.17. The first-order valence-electron chi connectivity index (χ1n) is 10.9. The van der Waals surface area contributed by atoms with Gasteiger partial charge in [0.05, 0.1) is 25.6 Å². The molecule has 1 unspecified atom stereocenters. The minimum absolute atomic E-state index is 0.0309. The number of ether oxygens (including phenoxy) is 1. The van der Waals surface area contributed by atoms with Gasteiger partial charge in [0.25, 0.3) is 5.91 Å². The molecule has 0 fully saturated rings. The van der Waals surface area contributed by atoms with Crippen molar-refractivity contribution in [3.8, 4) is 5.75 Å². The Hall–Kier alpha value is -3.43. The van der Waals surface area contributed by atoms with Gasteiger partial charge in [0.15, 0.2) is 5.69 Å². The van der Waals surface area contributed by atoms with E-state index in [1.807, 2.05) is 0 Å². The second-order valence-corrected chi connectivity index (χ2v) is 9.09. The molecule has 1 amide bonds. The van der Waals surface area contributed by atoms with Gasteiger partial charge in [0, 0.05) is 10.8 Å². The van der Waals surface area contributed by atoms with Crippen LogP contribution >= 0.6 is 24.2 Å². The maximum absolute atomic E-state index is 13.8. The van der Waals surface area contributed by atoms with Crippen LogP contribution in [0.1, 0.15) is 28.5 Å². The van der Waals surface area contributed by atoms with Crippen LogP contribution in [0.4, 0.5) is 36.3 Å². The van der Waals surface area contributed by atoms with Crippen molar-refractivity contribution in [2.45, 2.75) is 19.7 Å². The third-order valence-corrected chi connectivity index (χ3v) is 5.95. The van der Waals surface area contributed by atoms with Crippen LogP contribution in [0.15, 0.2) is 41.1 Å². The van der Waals surface area contributed by atoms with E-state index in [1.54, 1.807) is 25.1 Å². The van der Waals surface area contributed by atoms with Gasteiger partial charge in [-0.15, -0.1) is 9.05 Å². The second kappa shape index (κ2) is 13.6. The summed E-state index contributed by atoms with van der Waals surface area (Å²) >= 11 is 3.12. The number of hydroxylamine groups is 1. The Morgan fingerprint density at radius 1 is 1.08 bits per heavy atom. The summed E-state index contributed by atoms with van der Waals surface area (Å²) in [5.74, 6) is -1.36. The fourth-order valence-electron chi connectivity index (χ4n) is 3.04. The first-order chi connectivity index (χ1) is 18.5. The molecule has 0 aliphatic rings. The number of anilines is 4. The Morgan fingerprint density at radius 3 is 2.49 bits per heavy atom. The number of alkyl halides is 3. The van der Waals surface area contributed by atoms with Crippen LogP contribution < -0.4 is 20.9 Å². The average Bonchev–Trinajstić information content (AvgIpc) is 2.89. The molecule has 0 aliphatic carbocycles. The number of nitrogens with zero attached hydrogens (tertiary/aromatic N) is 3. The van der Waals surface area contributed by atoms with Gasteiger partial charge in [-0.1, -0.05) is 6.07 Å². The van der Waals surface area contributed by atoms with Crippen LogP contribution in [-0.2, 0) is 31.2 Å². The maximum Gasteiger partial charge on any atom is 0.697 e. The summed E-state index contributed by atoms with van der Waals surface area (Å²) in [6.07, 6.45) is -4.22. The van der Waals surface area contributed by atoms with Gasteiger partial charge in [-0.05, 0) is 52.7 Å². The fourth-order valence-corrected chi connectivity index (χ4v) is 3.89. The molecule has 1 atom stereocenters. The molecule has 39 heavy (non-hydrogen) atoms. The highest BCUT2D eigenvalue weighted by Crippen LogP contribution is 2.37. The van der Waals surface area contributed by atoms with Gasteiger partial charge in [0.1, 0.15) is 34.9 Å². The van der Waals surface area contributed by atoms with Gasteiger partial charge in [-0.3, -0.25) is 9.63 Å². The zero-order chi connectivity index (χ0) is 28.6. The number of benzene rings is 1. The quantitative estimate of drug-likeness (QED) is 0.129. The maximum atomic E-state index is 13.8. The molecule has 17 heteroatoms. The summed E-state index contributed by atoms with van der Waals surface area (Å²) < 4.78 is 68.5. The fraction of sp³-hybridized carbons (Fsp3) is 0.273. The van der Waals surface area contributed by atoms with E-state index >= 15 is 0 Å². The molecular weight excluding hydrogens is 612 g/mol. The van der Waals surface area contributed by atoms with Crippen molar-refractivity contribution >= 4 is 53.2 Å². The topological polar surface area (TPSA) is 146 Å². The number of aromatic nitrogens is 3. The van der Waals surface area contributed by atoms with E-state index in [9.17, 15) is 22.5 Å². The first kappa shape index (κ1) is 30.1. The number of pyridine rings is 1. The average molecular weight is 634 g/mol. The van der Waals surface area contributed by atoms with Gasteiger partial charge in [-0.2, -0.15) is 18.2 Å². The van der Waals surface area contributed by atoms with Crippen molar-refractivity contribution in [2.75, 3.05) is 31.5 Å². The van der Waals surface area contributed by atoms with Crippen molar-refractivity contribution in [3.63, 3.8) is 0 Å². The van der Waals surface area contributed by atoms with Crippen molar-refractivity contribution < 1.29 is 41.2 Å². The van der Waals surface area contributed by atoms with Crippen molar-refractivity contribution in [2.24, 2.45) is 0 Å². The van der Waals surface area contributed by atoms with E-state index in [0.717, 1.165) is 0 Å². The molecule has 1 aromatic carbocycles. The van der Waals surface area contributed by atoms with Crippen molar-refractivity contribution in [3.05, 3.63) is 58.0 Å². The summed E-state index contributed by atoms with van der Waals surface area (Å²) in [4.78, 5) is 28.7. The lowest BCUT2D eigenvalue weighted by Crippen LogP contribution is -2.24. The molecule has 0 saturated heterocycles. The van der Waals surface area contributed by atoms with Crippen molar-refractivity contribution in [1.29, 1.82) is 0 Å². The van der Waals surface area contributed by atoms with E-state index in [2.05, 4.69) is 51.8 Å². The van der Waals surface area contributed by atoms with Crippen LogP contribution in [0.25, 0.3) is 0 Å². The lowest BCUT2D eigenvalue weighted by atomic mass is 10.2. The molecule has 0 spiro atoms. The van der Waals surface area contributed by atoms with Gasteiger partial charge in [0.2, 0.25) is 5.95 Å². The Bertz CT molecular complexity index is 1350. The number of rotatable bonds is 12. The Morgan fingerprint density at radius 2 is 1.82 bits per heavy atom. The number of hydrogen-bond donors (Lipinski definition) is 3. The van der Waals surface area contributed by atoms with Crippen LogP contribution in [0, 0.1) is 0 Å². The summed E-state index contributed by atoms with van der Waals surface area (Å²) in [7, 11) is 0.307. The molecule has 0 bridgehead atoms. The second-order valence-electron chi connectivity index (χ2n) is 7.32. The van der Waals surface area contributed by atoms with Crippen LogP contribution in [0.5, 0.6) is 5.75 Å². The van der Waals surface area contributed by atoms with Crippen LogP contribution in [-0.4, -0.2) is 41.7 Å². The zero-order valence-corrected chi connectivity index (χ0v) is 23.1. The standard InChI is InChI=1S/C22H21BrF3N6O6P/c1-4-37-39(34)38-11-12-5-6-14(16(9-12)35-2)29-21-27-10-13(22(24,25)26)19(31-21)28-15-7-8-17(23)30-18(15)20(33)32-36-3/h5-10H,4,11H2,1-3H3,(H2-,27,28,29,31,32,33)/p+1. The van der Waals surface area contributed by atoms with E-state index in [1.165, 1.54) is 26.4 Å². The summed E-state index contributed by atoms with van der Waals surface area (Å²) in [6, 6.07) is 7.54. The van der Waals surface area contributed by atoms with Gasteiger partial charge in [-0.25, -0.2) is 15.4 Å². The molecule has 0 saturated carbocycles. The highest BCUT2D eigenvalue weighted by Gasteiger charge is 2.36. The minimum atomic E-state index is -4.82. The molecule has 3 rings (SSSR count). The van der Waals surface area contributed by atoms with E-state index in [4.69, 9.17) is 13.8 Å². The number of amides is 1. The Balaban J connectivity index is 1.92. The van der Waals surface area contributed by atoms with Gasteiger partial charge < -0.3 is 15.4 Å². The van der Waals surface area contributed by atoms with Crippen LogP contribution in [0.2, 0.25) is 0 Å². The smallest absolute Gasteiger partial charge is 0.495 e. The SMILES string of the molecule is CCO[P+](=O)OCc1ccc(Nc2ncc(C(F)(F)F)c(Nc3ccc(Br)nc3C(=O)NOC)n2)c(OC)c1. The predicted octanol–water partition coefficient (Wildman–Crippen LogP) is 5.65. The van der Waals surface area contributed by atoms with E-state index in [-0.39, 0.29) is 40.9 Å². The summed E-state index contributed by atoms with van der Waals surface area (Å²) in [5, 5.41) is 5.32. The van der Waals surface area contributed by atoms with Crippen LogP contribution in [0.3, 0.4) is 0 Å². The zero-order valence-electron chi connectivity index (χ0n) is 20.6. The number of hydrogen-bond acceptors (Lipinski definition) is 11. The van der Waals surface area contributed by atoms with E-state index < -0.39 is 31.7 Å². The first-order valence-corrected chi connectivity index (χ1v) is 12.8. The van der Waals surface area contributed by atoms with Gasteiger partial charge >= 0.3 is 14.4 Å². The highest BCUT2D eigenvalue weighted by molar-refractivity contribution is 9.10. The highest BCUT2D eigenvalue weighted by atomic mass is 79.9. The number of methoxy groups -OCH3 is 1. The predicted molar refractivity (Wildman–Crippen MR) is 137 cm³/mol.